The molecule has 0 spiro atoms. The highest BCUT2D eigenvalue weighted by Gasteiger charge is 2.37. The second kappa shape index (κ2) is 6.08. The zero-order chi connectivity index (χ0) is 15.6. The normalized spacial score (nSPS) is 24.4. The quantitative estimate of drug-likeness (QED) is 0.662. The zero-order valence-electron chi connectivity index (χ0n) is 13.8. The molecule has 0 saturated heterocycles. The number of nitrogens with one attached hydrogen (secondary N) is 1. The summed E-state index contributed by atoms with van der Waals surface area (Å²) in [7, 11) is 1.84. The van der Waals surface area contributed by atoms with Crippen LogP contribution in [0, 0.1) is 24.2 Å². The van der Waals surface area contributed by atoms with Crippen molar-refractivity contribution in [2.45, 2.75) is 47.0 Å². The molecule has 0 aliphatic heterocycles. The molecular weight excluding hydrogens is 262 g/mol. The van der Waals surface area contributed by atoms with E-state index in [1.165, 1.54) is 0 Å². The number of rotatable bonds is 3. The van der Waals surface area contributed by atoms with Gasteiger partial charge in [0.2, 0.25) is 0 Å². The lowest BCUT2D eigenvalue weighted by Crippen LogP contribution is -2.34. The minimum Gasteiger partial charge on any atom is -0.424 e. The van der Waals surface area contributed by atoms with Gasteiger partial charge in [-0.15, -0.1) is 0 Å². The zero-order valence-corrected chi connectivity index (χ0v) is 13.8. The van der Waals surface area contributed by atoms with Crippen LogP contribution in [0.25, 0.3) is 0 Å². The van der Waals surface area contributed by atoms with E-state index in [2.05, 4.69) is 26.1 Å². The molecule has 0 aromatic heterocycles. The lowest BCUT2D eigenvalue weighted by Gasteiger charge is -2.39. The third-order valence-corrected chi connectivity index (χ3v) is 5.06. The number of anilines is 1. The summed E-state index contributed by atoms with van der Waals surface area (Å²) in [6, 6.07) is 5.83. The van der Waals surface area contributed by atoms with Crippen molar-refractivity contribution in [3.8, 4) is 5.75 Å². The minimum atomic E-state index is -0.0855. The van der Waals surface area contributed by atoms with E-state index in [1.54, 1.807) is 0 Å². The molecule has 1 saturated carbocycles. The molecule has 1 aliphatic carbocycles. The highest BCUT2D eigenvalue weighted by atomic mass is 16.5. The highest BCUT2D eigenvalue weighted by molar-refractivity contribution is 5.77. The molecule has 1 aromatic carbocycles. The van der Waals surface area contributed by atoms with Gasteiger partial charge in [-0.2, -0.15) is 0 Å². The summed E-state index contributed by atoms with van der Waals surface area (Å²) in [6.45, 7) is 8.85. The summed E-state index contributed by atoms with van der Waals surface area (Å²) in [5.74, 6) is 1.12. The Kier molecular flexibility index (Phi) is 4.60. The van der Waals surface area contributed by atoms with Gasteiger partial charge in [0.05, 0.1) is 11.6 Å². The second-order valence-electron chi connectivity index (χ2n) is 7.03. The van der Waals surface area contributed by atoms with Crippen LogP contribution in [0.4, 0.5) is 5.69 Å². The Morgan fingerprint density at radius 3 is 2.71 bits per heavy atom. The first-order valence-electron chi connectivity index (χ1n) is 7.83. The van der Waals surface area contributed by atoms with Gasteiger partial charge in [0.25, 0.3) is 0 Å². The Labute approximate surface area is 128 Å². The Morgan fingerprint density at radius 2 is 2.10 bits per heavy atom. The summed E-state index contributed by atoms with van der Waals surface area (Å²) < 4.78 is 5.65. The van der Waals surface area contributed by atoms with Crippen molar-refractivity contribution >= 4 is 11.7 Å². The SMILES string of the molecule is CNc1cc(C)ccc1OC(=O)C1CCC(C)(C)C(C)C1. The molecule has 0 bridgehead atoms. The van der Waals surface area contributed by atoms with Crippen LogP contribution in [0.1, 0.15) is 45.6 Å². The summed E-state index contributed by atoms with van der Waals surface area (Å²) in [5.41, 5.74) is 2.34. The third-order valence-electron chi connectivity index (χ3n) is 5.06. The summed E-state index contributed by atoms with van der Waals surface area (Å²) in [5, 5.41) is 3.09. The van der Waals surface area contributed by atoms with Gasteiger partial charge >= 0.3 is 5.97 Å². The molecule has 116 valence electrons. The molecule has 2 atom stereocenters. The van der Waals surface area contributed by atoms with Crippen LogP contribution in [0.5, 0.6) is 5.75 Å². The van der Waals surface area contributed by atoms with Gasteiger partial charge in [-0.05, 0) is 55.2 Å². The second-order valence-corrected chi connectivity index (χ2v) is 7.03. The van der Waals surface area contributed by atoms with E-state index in [0.717, 1.165) is 30.5 Å². The minimum absolute atomic E-state index is 0.0269. The van der Waals surface area contributed by atoms with E-state index in [1.807, 2.05) is 32.2 Å². The standard InChI is InChI=1S/C18H27NO2/c1-12-6-7-16(15(10-12)19-5)21-17(20)14-8-9-18(3,4)13(2)11-14/h6-7,10,13-14,19H,8-9,11H2,1-5H3. The number of ether oxygens (including phenoxy) is 1. The third kappa shape index (κ3) is 3.58. The van der Waals surface area contributed by atoms with Gasteiger partial charge in [0.1, 0.15) is 0 Å². The molecule has 1 aromatic rings. The van der Waals surface area contributed by atoms with Crippen molar-refractivity contribution in [2.75, 3.05) is 12.4 Å². The maximum absolute atomic E-state index is 12.4. The Balaban J connectivity index is 2.06. The summed E-state index contributed by atoms with van der Waals surface area (Å²) >= 11 is 0. The average Bonchev–Trinajstić information content (AvgIpc) is 2.43. The number of aryl methyl sites for hydroxylation is 1. The van der Waals surface area contributed by atoms with Crippen molar-refractivity contribution in [3.05, 3.63) is 23.8 Å². The Hall–Kier alpha value is -1.51. The molecular formula is C18H27NO2. The molecule has 2 unspecified atom stereocenters. The van der Waals surface area contributed by atoms with Gasteiger partial charge in [-0.25, -0.2) is 0 Å². The van der Waals surface area contributed by atoms with E-state index in [4.69, 9.17) is 4.74 Å². The summed E-state index contributed by atoms with van der Waals surface area (Å²) in [4.78, 5) is 12.4. The first-order chi connectivity index (χ1) is 9.83. The number of esters is 1. The predicted molar refractivity (Wildman–Crippen MR) is 86.6 cm³/mol. The molecule has 1 fully saturated rings. The molecule has 3 nitrogen and oxygen atoms in total. The van der Waals surface area contributed by atoms with E-state index in [0.29, 0.717) is 17.1 Å². The van der Waals surface area contributed by atoms with Gasteiger partial charge in [0.15, 0.2) is 5.75 Å². The van der Waals surface area contributed by atoms with E-state index in [9.17, 15) is 4.79 Å². The largest absolute Gasteiger partial charge is 0.424 e. The van der Waals surface area contributed by atoms with Crippen LogP contribution in [0.15, 0.2) is 18.2 Å². The predicted octanol–water partition coefficient (Wildman–Crippen LogP) is 4.40. The van der Waals surface area contributed by atoms with E-state index >= 15 is 0 Å². The number of hydrogen-bond donors (Lipinski definition) is 1. The van der Waals surface area contributed by atoms with Crippen LogP contribution in [-0.2, 0) is 4.79 Å². The Morgan fingerprint density at radius 1 is 1.38 bits per heavy atom. The van der Waals surface area contributed by atoms with Crippen molar-refractivity contribution in [3.63, 3.8) is 0 Å². The van der Waals surface area contributed by atoms with E-state index in [-0.39, 0.29) is 11.9 Å². The first-order valence-corrected chi connectivity index (χ1v) is 7.83. The van der Waals surface area contributed by atoms with Crippen LogP contribution in [0.3, 0.4) is 0 Å². The molecule has 2 rings (SSSR count). The van der Waals surface area contributed by atoms with Crippen LogP contribution < -0.4 is 10.1 Å². The molecule has 21 heavy (non-hydrogen) atoms. The molecule has 0 amide bonds. The Bertz CT molecular complexity index is 522. The van der Waals surface area contributed by atoms with Crippen molar-refractivity contribution in [1.82, 2.24) is 0 Å². The average molecular weight is 289 g/mol. The molecule has 1 aliphatic rings. The van der Waals surface area contributed by atoms with Gasteiger partial charge in [0, 0.05) is 7.05 Å². The fourth-order valence-corrected chi connectivity index (χ4v) is 2.99. The van der Waals surface area contributed by atoms with Crippen LogP contribution in [-0.4, -0.2) is 13.0 Å². The maximum Gasteiger partial charge on any atom is 0.314 e. The first kappa shape index (κ1) is 15.9. The number of carbonyl (C=O) groups is 1. The topological polar surface area (TPSA) is 38.3 Å². The lowest BCUT2D eigenvalue weighted by atomic mass is 9.66. The van der Waals surface area contributed by atoms with Crippen LogP contribution >= 0.6 is 0 Å². The van der Waals surface area contributed by atoms with Gasteiger partial charge in [-0.1, -0.05) is 26.8 Å². The molecule has 0 heterocycles. The fraction of sp³-hybridized carbons (Fsp3) is 0.611. The van der Waals surface area contributed by atoms with Gasteiger partial charge < -0.3 is 10.1 Å². The monoisotopic (exact) mass is 289 g/mol. The fourth-order valence-electron chi connectivity index (χ4n) is 2.99. The smallest absolute Gasteiger partial charge is 0.314 e. The highest BCUT2D eigenvalue weighted by Crippen LogP contribution is 2.43. The number of hydrogen-bond acceptors (Lipinski definition) is 3. The van der Waals surface area contributed by atoms with Crippen LogP contribution in [0.2, 0.25) is 0 Å². The van der Waals surface area contributed by atoms with Crippen molar-refractivity contribution in [1.29, 1.82) is 0 Å². The lowest BCUT2D eigenvalue weighted by molar-refractivity contribution is -0.141. The van der Waals surface area contributed by atoms with E-state index < -0.39 is 0 Å². The molecule has 3 heteroatoms. The maximum atomic E-state index is 12.4. The van der Waals surface area contributed by atoms with Gasteiger partial charge in [-0.3, -0.25) is 4.79 Å². The number of carbonyl (C=O) groups excluding carboxylic acids is 1. The van der Waals surface area contributed by atoms with Crippen molar-refractivity contribution in [2.24, 2.45) is 17.3 Å². The summed E-state index contributed by atoms with van der Waals surface area (Å²) in [6.07, 6.45) is 2.93. The molecule has 1 N–H and O–H groups in total. The number of benzene rings is 1. The molecule has 0 radical (unpaired) electrons. The van der Waals surface area contributed by atoms with Crippen molar-refractivity contribution < 1.29 is 9.53 Å².